The van der Waals surface area contributed by atoms with Crippen molar-refractivity contribution >= 4 is 11.9 Å². The van der Waals surface area contributed by atoms with Gasteiger partial charge in [0.25, 0.3) is 0 Å². The first-order chi connectivity index (χ1) is 10.6. The largest absolute Gasteiger partial charge is 0.473 e. The first kappa shape index (κ1) is 17.4. The highest BCUT2D eigenvalue weighted by atomic mass is 16.5. The Morgan fingerprint density at radius 1 is 0.864 bits per heavy atom. The molecule has 22 heavy (non-hydrogen) atoms. The van der Waals surface area contributed by atoms with Crippen LogP contribution >= 0.6 is 0 Å². The minimum atomic E-state index is -1.57. The van der Waals surface area contributed by atoms with E-state index in [4.69, 9.17) is 9.84 Å². The number of ether oxygens (including phenoxy) is 2. The molecule has 5 heteroatoms. The molecular weight excluding hydrogens is 284 g/mol. The van der Waals surface area contributed by atoms with Gasteiger partial charge < -0.3 is 14.6 Å². The number of rotatable bonds is 4. The third kappa shape index (κ3) is 7.21. The summed E-state index contributed by atoms with van der Waals surface area (Å²) in [6.45, 7) is 1.35. The lowest BCUT2D eigenvalue weighted by Gasteiger charge is -2.03. The Morgan fingerprint density at radius 3 is 1.55 bits per heavy atom. The van der Waals surface area contributed by atoms with Crippen LogP contribution in [0.4, 0.5) is 0 Å². The summed E-state index contributed by atoms with van der Waals surface area (Å²) in [6.07, 6.45) is 0. The van der Waals surface area contributed by atoms with Gasteiger partial charge in [0.15, 0.2) is 0 Å². The van der Waals surface area contributed by atoms with Gasteiger partial charge in [-0.2, -0.15) is 0 Å². The first-order valence-electron chi connectivity index (χ1n) is 6.60. The minimum absolute atomic E-state index is 0.676. The van der Waals surface area contributed by atoms with E-state index in [9.17, 15) is 9.59 Å². The summed E-state index contributed by atoms with van der Waals surface area (Å²) in [6, 6.07) is 20.4. The zero-order valence-corrected chi connectivity index (χ0v) is 12.3. The molecule has 0 aliphatic carbocycles. The van der Waals surface area contributed by atoms with Crippen LogP contribution in [0.15, 0.2) is 60.7 Å². The van der Waals surface area contributed by atoms with E-state index in [-0.39, 0.29) is 0 Å². The lowest BCUT2D eigenvalue weighted by atomic mass is 10.2. The van der Waals surface area contributed by atoms with Crippen molar-refractivity contribution in [1.29, 1.82) is 0 Å². The Labute approximate surface area is 129 Å². The SMILES string of the molecule is COC(=O)C(=O)O.c1ccc(COCc2ccccc2)cc1. The van der Waals surface area contributed by atoms with Gasteiger partial charge in [-0.1, -0.05) is 60.7 Å². The second kappa shape index (κ2) is 10.1. The molecule has 5 nitrogen and oxygen atoms in total. The Kier molecular flexibility index (Phi) is 8.00. The third-order valence-corrected chi connectivity index (χ3v) is 2.58. The minimum Gasteiger partial charge on any atom is -0.473 e. The van der Waals surface area contributed by atoms with Crippen LogP contribution < -0.4 is 0 Å². The standard InChI is InChI=1S/C14H14O.C3H4O4/c1-3-7-13(8-4-1)11-15-12-14-9-5-2-6-10-14;1-7-3(6)2(4)5/h1-10H,11-12H2;1H3,(H,4,5). The molecule has 0 aliphatic heterocycles. The molecule has 0 atom stereocenters. The summed E-state index contributed by atoms with van der Waals surface area (Å²) in [4.78, 5) is 19.1. The number of benzene rings is 2. The number of hydrogen-bond donors (Lipinski definition) is 1. The molecule has 2 aromatic carbocycles. The number of carboxylic acids is 1. The van der Waals surface area contributed by atoms with Gasteiger partial charge in [-0.05, 0) is 11.1 Å². The maximum absolute atomic E-state index is 9.69. The Morgan fingerprint density at radius 2 is 1.27 bits per heavy atom. The van der Waals surface area contributed by atoms with Crippen LogP contribution in [0.3, 0.4) is 0 Å². The summed E-state index contributed by atoms with van der Waals surface area (Å²) in [5.41, 5.74) is 2.43. The van der Waals surface area contributed by atoms with Crippen molar-refractivity contribution in [3.63, 3.8) is 0 Å². The average molecular weight is 302 g/mol. The zero-order chi connectivity index (χ0) is 16.2. The number of carbonyl (C=O) groups excluding carboxylic acids is 1. The van der Waals surface area contributed by atoms with Gasteiger partial charge in [-0.3, -0.25) is 0 Å². The molecule has 2 rings (SSSR count). The Balaban J connectivity index is 0.000000295. The predicted molar refractivity (Wildman–Crippen MR) is 81.0 cm³/mol. The monoisotopic (exact) mass is 302 g/mol. The number of esters is 1. The topological polar surface area (TPSA) is 72.8 Å². The fourth-order valence-corrected chi connectivity index (χ4v) is 1.52. The van der Waals surface area contributed by atoms with Crippen molar-refractivity contribution in [1.82, 2.24) is 0 Å². The van der Waals surface area contributed by atoms with Gasteiger partial charge in [0.1, 0.15) is 0 Å². The van der Waals surface area contributed by atoms with Crippen molar-refractivity contribution in [3.8, 4) is 0 Å². The van der Waals surface area contributed by atoms with E-state index in [1.165, 1.54) is 11.1 Å². The van der Waals surface area contributed by atoms with Gasteiger partial charge in [-0.25, -0.2) is 9.59 Å². The van der Waals surface area contributed by atoms with Crippen molar-refractivity contribution < 1.29 is 24.2 Å². The van der Waals surface area contributed by atoms with Crippen LogP contribution in [0.1, 0.15) is 11.1 Å². The van der Waals surface area contributed by atoms with Crippen molar-refractivity contribution in [2.75, 3.05) is 7.11 Å². The summed E-state index contributed by atoms with van der Waals surface area (Å²) in [5.74, 6) is -2.80. The average Bonchev–Trinajstić information content (AvgIpc) is 2.56. The van der Waals surface area contributed by atoms with E-state index in [0.29, 0.717) is 13.2 Å². The summed E-state index contributed by atoms with van der Waals surface area (Å²) < 4.78 is 9.38. The number of aliphatic carboxylic acids is 1. The molecule has 0 saturated heterocycles. The van der Waals surface area contributed by atoms with Crippen LogP contribution in [0.25, 0.3) is 0 Å². The maximum Gasteiger partial charge on any atom is 0.417 e. The predicted octanol–water partition coefficient (Wildman–Crippen LogP) is 2.65. The smallest absolute Gasteiger partial charge is 0.417 e. The van der Waals surface area contributed by atoms with Gasteiger partial charge in [0.05, 0.1) is 20.3 Å². The molecule has 1 N–H and O–H groups in total. The number of hydrogen-bond acceptors (Lipinski definition) is 4. The highest BCUT2D eigenvalue weighted by Crippen LogP contribution is 2.05. The fraction of sp³-hybridized carbons (Fsp3) is 0.176. The molecule has 0 heterocycles. The van der Waals surface area contributed by atoms with Crippen LogP contribution in [-0.4, -0.2) is 24.2 Å². The fourth-order valence-electron chi connectivity index (χ4n) is 1.52. The second-order valence-electron chi connectivity index (χ2n) is 4.26. The van der Waals surface area contributed by atoms with Gasteiger partial charge in [-0.15, -0.1) is 0 Å². The van der Waals surface area contributed by atoms with E-state index >= 15 is 0 Å². The molecule has 0 bridgehead atoms. The van der Waals surface area contributed by atoms with E-state index in [1.54, 1.807) is 0 Å². The highest BCUT2D eigenvalue weighted by molar-refractivity contribution is 6.28. The van der Waals surface area contributed by atoms with Gasteiger partial charge >= 0.3 is 11.9 Å². The summed E-state index contributed by atoms with van der Waals surface area (Å²) in [7, 11) is 1.01. The molecule has 0 aliphatic rings. The summed E-state index contributed by atoms with van der Waals surface area (Å²) in [5, 5.41) is 7.71. The van der Waals surface area contributed by atoms with Crippen molar-refractivity contribution in [2.45, 2.75) is 13.2 Å². The van der Waals surface area contributed by atoms with E-state index < -0.39 is 11.9 Å². The van der Waals surface area contributed by atoms with E-state index in [0.717, 1.165) is 7.11 Å². The number of carbonyl (C=O) groups is 2. The molecule has 0 fully saturated rings. The molecule has 0 aromatic heterocycles. The number of methoxy groups -OCH3 is 1. The van der Waals surface area contributed by atoms with E-state index in [1.807, 2.05) is 36.4 Å². The summed E-state index contributed by atoms with van der Waals surface area (Å²) >= 11 is 0. The van der Waals surface area contributed by atoms with Gasteiger partial charge in [0.2, 0.25) is 0 Å². The normalized spacial score (nSPS) is 9.32. The van der Waals surface area contributed by atoms with Crippen LogP contribution in [0.2, 0.25) is 0 Å². The molecule has 0 spiro atoms. The van der Waals surface area contributed by atoms with Crippen molar-refractivity contribution in [3.05, 3.63) is 71.8 Å². The maximum atomic E-state index is 9.69. The number of carboxylic acid groups (broad SMARTS) is 1. The highest BCUT2D eigenvalue weighted by Gasteiger charge is 2.08. The molecule has 0 amide bonds. The Hall–Kier alpha value is -2.66. The lowest BCUT2D eigenvalue weighted by molar-refractivity contribution is -0.161. The van der Waals surface area contributed by atoms with Crippen molar-refractivity contribution in [2.24, 2.45) is 0 Å². The second-order valence-corrected chi connectivity index (χ2v) is 4.26. The van der Waals surface area contributed by atoms with Gasteiger partial charge in [0, 0.05) is 0 Å². The Bertz CT molecular complexity index is 527. The zero-order valence-electron chi connectivity index (χ0n) is 12.3. The molecule has 0 saturated carbocycles. The molecule has 0 radical (unpaired) electrons. The molecule has 2 aromatic rings. The molecular formula is C17H18O5. The third-order valence-electron chi connectivity index (χ3n) is 2.58. The first-order valence-corrected chi connectivity index (χ1v) is 6.60. The van der Waals surface area contributed by atoms with Crippen LogP contribution in [0.5, 0.6) is 0 Å². The van der Waals surface area contributed by atoms with Crippen LogP contribution in [0, 0.1) is 0 Å². The van der Waals surface area contributed by atoms with E-state index in [2.05, 4.69) is 29.0 Å². The quantitative estimate of drug-likeness (QED) is 0.694. The lowest BCUT2D eigenvalue weighted by Crippen LogP contribution is -2.13. The molecule has 116 valence electrons. The molecule has 0 unspecified atom stereocenters. The van der Waals surface area contributed by atoms with Crippen LogP contribution in [-0.2, 0) is 32.3 Å².